The number of nitrogens with zero attached hydrogens (tertiary/aromatic N) is 3. The summed E-state index contributed by atoms with van der Waals surface area (Å²) in [6, 6.07) is 1.35. The largest absolute Gasteiger partial charge is 0.310 e. The fraction of sp³-hybridized carbons (Fsp3) is 0.571. The van der Waals surface area contributed by atoms with Gasteiger partial charge in [0.25, 0.3) is 5.56 Å². The summed E-state index contributed by atoms with van der Waals surface area (Å²) in [7, 11) is 0. The molecule has 1 amide bonds. The van der Waals surface area contributed by atoms with Crippen LogP contribution in [0.15, 0.2) is 10.9 Å². The molecule has 0 bridgehead atoms. The number of fused-ring (bicyclic) bond motifs is 1. The molecule has 7 heteroatoms. The predicted molar refractivity (Wildman–Crippen MR) is 78.2 cm³/mol. The van der Waals surface area contributed by atoms with Crippen molar-refractivity contribution in [1.82, 2.24) is 19.6 Å². The van der Waals surface area contributed by atoms with Crippen LogP contribution in [-0.2, 0) is 11.2 Å². The molecule has 0 radical (unpaired) electrons. The lowest BCUT2D eigenvalue weighted by molar-refractivity contribution is -0.120. The Morgan fingerprint density at radius 2 is 2.19 bits per heavy atom. The maximum absolute atomic E-state index is 12.3. The first-order valence-electron chi connectivity index (χ1n) is 7.47. The van der Waals surface area contributed by atoms with E-state index in [0.29, 0.717) is 23.8 Å². The van der Waals surface area contributed by atoms with Crippen molar-refractivity contribution < 1.29 is 4.79 Å². The SMILES string of the molecule is CCc1nc2[nH]c(=O)cc(NC(=O)C3CCCCC3)n2n1. The van der Waals surface area contributed by atoms with Gasteiger partial charge in [-0.1, -0.05) is 26.2 Å². The summed E-state index contributed by atoms with van der Waals surface area (Å²) < 4.78 is 1.49. The number of hydrogen-bond acceptors (Lipinski definition) is 4. The van der Waals surface area contributed by atoms with E-state index in [0.717, 1.165) is 25.7 Å². The molecular formula is C14H19N5O2. The van der Waals surface area contributed by atoms with Crippen LogP contribution in [0, 0.1) is 5.92 Å². The van der Waals surface area contributed by atoms with Crippen molar-refractivity contribution in [3.05, 3.63) is 22.2 Å². The van der Waals surface area contributed by atoms with Crippen LogP contribution in [0.5, 0.6) is 0 Å². The van der Waals surface area contributed by atoms with E-state index < -0.39 is 0 Å². The highest BCUT2D eigenvalue weighted by Crippen LogP contribution is 2.24. The molecule has 1 fully saturated rings. The molecule has 3 rings (SSSR count). The second-order valence-electron chi connectivity index (χ2n) is 5.46. The van der Waals surface area contributed by atoms with Crippen LogP contribution >= 0.6 is 0 Å². The molecule has 0 atom stereocenters. The van der Waals surface area contributed by atoms with Gasteiger partial charge in [0.2, 0.25) is 11.7 Å². The van der Waals surface area contributed by atoms with Crippen molar-refractivity contribution in [2.24, 2.45) is 5.92 Å². The molecular weight excluding hydrogens is 270 g/mol. The summed E-state index contributed by atoms with van der Waals surface area (Å²) in [6.45, 7) is 1.94. The van der Waals surface area contributed by atoms with Crippen LogP contribution in [0.25, 0.3) is 5.78 Å². The maximum Gasteiger partial charge on any atom is 0.254 e. The van der Waals surface area contributed by atoms with Crippen molar-refractivity contribution in [3.63, 3.8) is 0 Å². The highest BCUT2D eigenvalue weighted by atomic mass is 16.2. The summed E-state index contributed by atoms with van der Waals surface area (Å²) in [5.41, 5.74) is -0.295. The maximum atomic E-state index is 12.3. The van der Waals surface area contributed by atoms with Gasteiger partial charge in [-0.2, -0.15) is 9.50 Å². The fourth-order valence-electron chi connectivity index (χ4n) is 2.77. The minimum absolute atomic E-state index is 0.0299. The predicted octanol–water partition coefficient (Wildman–Crippen LogP) is 1.50. The van der Waals surface area contributed by atoms with Gasteiger partial charge >= 0.3 is 0 Å². The molecule has 7 nitrogen and oxygen atoms in total. The minimum atomic E-state index is -0.295. The molecule has 0 aliphatic heterocycles. The lowest BCUT2D eigenvalue weighted by Crippen LogP contribution is -2.27. The van der Waals surface area contributed by atoms with Gasteiger partial charge in [0.1, 0.15) is 5.82 Å². The quantitative estimate of drug-likeness (QED) is 0.895. The van der Waals surface area contributed by atoms with E-state index in [9.17, 15) is 9.59 Å². The first-order valence-corrected chi connectivity index (χ1v) is 7.47. The Morgan fingerprint density at radius 3 is 2.90 bits per heavy atom. The molecule has 1 saturated carbocycles. The third-order valence-electron chi connectivity index (χ3n) is 3.93. The number of rotatable bonds is 3. The molecule has 0 aromatic carbocycles. The fourth-order valence-corrected chi connectivity index (χ4v) is 2.77. The number of hydrogen-bond donors (Lipinski definition) is 2. The standard InChI is InChI=1S/C14H19N5O2/c1-2-10-15-14-17-12(20)8-11(19(14)18-10)16-13(21)9-6-4-3-5-7-9/h8-9H,2-7H2,1H3,(H,16,21)(H,15,17,18,20). The average Bonchev–Trinajstić information content (AvgIpc) is 2.91. The summed E-state index contributed by atoms with van der Waals surface area (Å²) in [6.07, 6.45) is 5.87. The highest BCUT2D eigenvalue weighted by molar-refractivity contribution is 5.91. The third kappa shape index (κ3) is 2.81. The molecule has 0 saturated heterocycles. The van der Waals surface area contributed by atoms with Crippen LogP contribution in [0.3, 0.4) is 0 Å². The van der Waals surface area contributed by atoms with E-state index in [-0.39, 0.29) is 17.4 Å². The molecule has 0 spiro atoms. The Bertz CT molecular complexity index is 712. The molecule has 21 heavy (non-hydrogen) atoms. The van der Waals surface area contributed by atoms with E-state index >= 15 is 0 Å². The lowest BCUT2D eigenvalue weighted by Gasteiger charge is -2.20. The Hall–Kier alpha value is -2.18. The molecule has 1 aliphatic carbocycles. The van der Waals surface area contributed by atoms with Crippen LogP contribution < -0.4 is 10.9 Å². The molecule has 2 aromatic heterocycles. The minimum Gasteiger partial charge on any atom is -0.310 e. The number of aryl methyl sites for hydroxylation is 1. The van der Waals surface area contributed by atoms with Crippen molar-refractivity contribution in [3.8, 4) is 0 Å². The number of aromatic nitrogens is 4. The van der Waals surface area contributed by atoms with Crippen molar-refractivity contribution in [2.45, 2.75) is 45.4 Å². The molecule has 2 heterocycles. The molecule has 2 aromatic rings. The summed E-state index contributed by atoms with van der Waals surface area (Å²) in [5, 5.41) is 7.13. The Balaban J connectivity index is 1.90. The Morgan fingerprint density at radius 1 is 1.43 bits per heavy atom. The van der Waals surface area contributed by atoms with Crippen LogP contribution in [0.2, 0.25) is 0 Å². The van der Waals surface area contributed by atoms with Gasteiger partial charge in [-0.3, -0.25) is 14.6 Å². The van der Waals surface area contributed by atoms with E-state index in [1.807, 2.05) is 6.92 Å². The second kappa shape index (κ2) is 5.67. The molecule has 112 valence electrons. The van der Waals surface area contributed by atoms with Crippen LogP contribution in [-0.4, -0.2) is 25.5 Å². The molecule has 1 aliphatic rings. The number of amides is 1. The van der Waals surface area contributed by atoms with Gasteiger partial charge in [0.15, 0.2) is 5.82 Å². The monoisotopic (exact) mass is 289 g/mol. The zero-order chi connectivity index (χ0) is 14.8. The van der Waals surface area contributed by atoms with Crippen molar-refractivity contribution in [1.29, 1.82) is 0 Å². The molecule has 2 N–H and O–H groups in total. The number of H-pyrrole nitrogens is 1. The number of anilines is 1. The first-order chi connectivity index (χ1) is 10.2. The molecule has 0 unspecified atom stereocenters. The van der Waals surface area contributed by atoms with Gasteiger partial charge in [0.05, 0.1) is 0 Å². The second-order valence-corrected chi connectivity index (χ2v) is 5.46. The summed E-state index contributed by atoms with van der Waals surface area (Å²) >= 11 is 0. The smallest absolute Gasteiger partial charge is 0.254 e. The number of aromatic amines is 1. The number of carbonyl (C=O) groups is 1. The van der Waals surface area contributed by atoms with E-state index in [2.05, 4.69) is 20.4 Å². The summed E-state index contributed by atoms with van der Waals surface area (Å²) in [4.78, 5) is 30.8. The first kappa shape index (κ1) is 13.8. The third-order valence-corrected chi connectivity index (χ3v) is 3.93. The highest BCUT2D eigenvalue weighted by Gasteiger charge is 2.22. The van der Waals surface area contributed by atoms with Gasteiger partial charge in [-0.15, -0.1) is 5.10 Å². The van der Waals surface area contributed by atoms with Crippen molar-refractivity contribution in [2.75, 3.05) is 5.32 Å². The zero-order valence-electron chi connectivity index (χ0n) is 12.1. The van der Waals surface area contributed by atoms with Crippen LogP contribution in [0.1, 0.15) is 44.9 Å². The van der Waals surface area contributed by atoms with Gasteiger partial charge < -0.3 is 5.32 Å². The lowest BCUT2D eigenvalue weighted by atomic mass is 9.89. The van der Waals surface area contributed by atoms with Crippen molar-refractivity contribution >= 4 is 17.5 Å². The Kier molecular flexibility index (Phi) is 3.72. The van der Waals surface area contributed by atoms with E-state index in [1.54, 1.807) is 0 Å². The topological polar surface area (TPSA) is 92.1 Å². The van der Waals surface area contributed by atoms with Gasteiger partial charge in [-0.25, -0.2) is 0 Å². The Labute approximate surface area is 121 Å². The van der Waals surface area contributed by atoms with Gasteiger partial charge in [0, 0.05) is 18.4 Å². The number of nitrogens with one attached hydrogen (secondary N) is 2. The normalized spacial score (nSPS) is 16.2. The summed E-state index contributed by atoms with van der Waals surface area (Å²) in [5.74, 6) is 1.37. The number of carbonyl (C=O) groups excluding carboxylic acids is 1. The van der Waals surface area contributed by atoms with E-state index in [1.165, 1.54) is 17.0 Å². The van der Waals surface area contributed by atoms with Gasteiger partial charge in [-0.05, 0) is 12.8 Å². The van der Waals surface area contributed by atoms with E-state index in [4.69, 9.17) is 0 Å². The zero-order valence-corrected chi connectivity index (χ0v) is 12.1. The average molecular weight is 289 g/mol. The van der Waals surface area contributed by atoms with Crippen LogP contribution in [0.4, 0.5) is 5.82 Å².